The first-order valence-electron chi connectivity index (χ1n) is 17.3. The van der Waals surface area contributed by atoms with Gasteiger partial charge in [0.25, 0.3) is 11.8 Å². The van der Waals surface area contributed by atoms with Crippen LogP contribution in [0.2, 0.25) is 0 Å². The topological polar surface area (TPSA) is 136 Å². The van der Waals surface area contributed by atoms with E-state index in [1.807, 2.05) is 45.0 Å². The summed E-state index contributed by atoms with van der Waals surface area (Å²) < 4.78 is 56.9. The van der Waals surface area contributed by atoms with E-state index in [1.165, 1.54) is 27.4 Å². The summed E-state index contributed by atoms with van der Waals surface area (Å²) in [5.41, 5.74) is 8.41. The molecule has 0 aliphatic carbocycles. The van der Waals surface area contributed by atoms with Crippen molar-refractivity contribution in [3.05, 3.63) is 100 Å². The van der Waals surface area contributed by atoms with Gasteiger partial charge in [-0.25, -0.2) is 17.2 Å². The minimum atomic E-state index is -4.07. The number of nitrogens with one attached hydrogen (secondary N) is 1. The molecule has 1 heterocycles. The number of rotatable bonds is 16. The number of sulfonamides is 1. The van der Waals surface area contributed by atoms with Crippen molar-refractivity contribution in [2.45, 2.75) is 70.0 Å². The maximum absolute atomic E-state index is 14.5. The highest BCUT2D eigenvalue weighted by atomic mass is 32.2. The molecule has 10 nitrogen and oxygen atoms in total. The van der Waals surface area contributed by atoms with Crippen molar-refractivity contribution in [3.8, 4) is 0 Å². The van der Waals surface area contributed by atoms with E-state index in [0.717, 1.165) is 35.7 Å². The SMILES string of the molecule is CCCN(CCC)C(=O)c1cc(C(=O)N(Cc2cccc(CC)c2)C[C@@H](O)[C@@H](N)Cc2cc(F)cc(F)c2)cc(S(=O)(=O)N2CCNCC2)c1. The Morgan fingerprint density at radius 1 is 0.860 bits per heavy atom. The molecular formula is C37H49F2N5O5S. The summed E-state index contributed by atoms with van der Waals surface area (Å²) >= 11 is 0. The van der Waals surface area contributed by atoms with Crippen LogP contribution in [-0.4, -0.2) is 97.4 Å². The Labute approximate surface area is 294 Å². The van der Waals surface area contributed by atoms with Crippen LogP contribution >= 0.6 is 0 Å². The van der Waals surface area contributed by atoms with Crippen molar-refractivity contribution >= 4 is 21.8 Å². The van der Waals surface area contributed by atoms with E-state index in [0.29, 0.717) is 39.0 Å². The fourth-order valence-electron chi connectivity index (χ4n) is 6.13. The normalized spacial score (nSPS) is 15.0. The van der Waals surface area contributed by atoms with Crippen LogP contribution in [0.1, 0.15) is 71.0 Å². The molecule has 3 aromatic carbocycles. The number of piperazine rings is 1. The number of benzene rings is 3. The number of aliphatic hydroxyl groups is 1. The number of carbonyl (C=O) groups excluding carboxylic acids is 2. The number of aliphatic hydroxyl groups excluding tert-OH is 1. The molecule has 0 radical (unpaired) electrons. The average molecular weight is 714 g/mol. The van der Waals surface area contributed by atoms with Gasteiger partial charge in [-0.15, -0.1) is 0 Å². The van der Waals surface area contributed by atoms with Gasteiger partial charge >= 0.3 is 0 Å². The van der Waals surface area contributed by atoms with E-state index >= 15 is 0 Å². The van der Waals surface area contributed by atoms with Crippen LogP contribution in [0, 0.1) is 11.6 Å². The lowest BCUT2D eigenvalue weighted by Gasteiger charge is -2.30. The summed E-state index contributed by atoms with van der Waals surface area (Å²) in [5.74, 6) is -2.54. The van der Waals surface area contributed by atoms with Crippen LogP contribution in [0.3, 0.4) is 0 Å². The zero-order valence-electron chi connectivity index (χ0n) is 29.1. The molecular weight excluding hydrogens is 665 g/mol. The lowest BCUT2D eigenvalue weighted by Crippen LogP contribution is -2.47. The monoisotopic (exact) mass is 713 g/mol. The first kappa shape index (κ1) is 39.0. The molecule has 13 heteroatoms. The van der Waals surface area contributed by atoms with Gasteiger partial charge in [0.15, 0.2) is 0 Å². The van der Waals surface area contributed by atoms with E-state index in [-0.39, 0.29) is 60.1 Å². The third-order valence-electron chi connectivity index (χ3n) is 8.74. The van der Waals surface area contributed by atoms with Gasteiger partial charge in [0.1, 0.15) is 11.6 Å². The summed E-state index contributed by atoms with van der Waals surface area (Å²) in [6, 6.07) is 13.7. The lowest BCUT2D eigenvalue weighted by atomic mass is 10.0. The molecule has 2 atom stereocenters. The molecule has 3 aromatic rings. The highest BCUT2D eigenvalue weighted by Gasteiger charge is 2.31. The third kappa shape index (κ3) is 10.2. The summed E-state index contributed by atoms with van der Waals surface area (Å²) in [7, 11) is -4.07. The molecule has 0 spiro atoms. The van der Waals surface area contributed by atoms with Crippen LogP contribution in [-0.2, 0) is 29.4 Å². The first-order chi connectivity index (χ1) is 23.9. The molecule has 2 amide bonds. The Kier molecular flexibility index (Phi) is 14.0. The minimum absolute atomic E-state index is 0.0304. The Morgan fingerprint density at radius 3 is 2.02 bits per heavy atom. The molecule has 1 aliphatic heterocycles. The van der Waals surface area contributed by atoms with Gasteiger partial charge in [0.2, 0.25) is 10.0 Å². The van der Waals surface area contributed by atoms with Gasteiger partial charge in [-0.2, -0.15) is 4.31 Å². The smallest absolute Gasteiger partial charge is 0.254 e. The predicted molar refractivity (Wildman–Crippen MR) is 189 cm³/mol. The van der Waals surface area contributed by atoms with Crippen molar-refractivity contribution < 1.29 is 31.9 Å². The van der Waals surface area contributed by atoms with Gasteiger partial charge in [-0.3, -0.25) is 9.59 Å². The van der Waals surface area contributed by atoms with E-state index in [9.17, 15) is 31.9 Å². The second kappa shape index (κ2) is 18.0. The van der Waals surface area contributed by atoms with E-state index in [1.54, 1.807) is 4.90 Å². The number of hydrogen-bond acceptors (Lipinski definition) is 7. The summed E-state index contributed by atoms with van der Waals surface area (Å²) in [4.78, 5) is 31.2. The van der Waals surface area contributed by atoms with Gasteiger partial charge in [-0.05, 0) is 72.7 Å². The van der Waals surface area contributed by atoms with Crippen LogP contribution < -0.4 is 11.1 Å². The van der Waals surface area contributed by atoms with Crippen molar-refractivity contribution in [1.82, 2.24) is 19.4 Å². The largest absolute Gasteiger partial charge is 0.390 e. The van der Waals surface area contributed by atoms with Crippen LogP contribution in [0.4, 0.5) is 8.78 Å². The highest BCUT2D eigenvalue weighted by Crippen LogP contribution is 2.24. The van der Waals surface area contributed by atoms with Crippen LogP contribution in [0.5, 0.6) is 0 Å². The number of hydrogen-bond donors (Lipinski definition) is 3. The first-order valence-corrected chi connectivity index (χ1v) is 18.7. The average Bonchev–Trinajstić information content (AvgIpc) is 3.10. The third-order valence-corrected chi connectivity index (χ3v) is 10.6. The molecule has 0 unspecified atom stereocenters. The van der Waals surface area contributed by atoms with Gasteiger partial charge in [-0.1, -0.05) is 45.0 Å². The molecule has 1 saturated heterocycles. The minimum Gasteiger partial charge on any atom is -0.390 e. The quantitative estimate of drug-likeness (QED) is 0.205. The summed E-state index contributed by atoms with van der Waals surface area (Å²) in [5, 5.41) is 14.4. The number of halogens is 2. The van der Waals surface area contributed by atoms with Gasteiger partial charge < -0.3 is 26.0 Å². The second-order valence-corrected chi connectivity index (χ2v) is 14.7. The molecule has 4 N–H and O–H groups in total. The van der Waals surface area contributed by atoms with E-state index < -0.39 is 39.7 Å². The lowest BCUT2D eigenvalue weighted by molar-refractivity contribution is 0.0554. The molecule has 50 heavy (non-hydrogen) atoms. The fraction of sp³-hybridized carbons (Fsp3) is 0.459. The number of nitrogens with two attached hydrogens (primary N) is 1. The van der Waals surface area contributed by atoms with E-state index in [4.69, 9.17) is 5.73 Å². The van der Waals surface area contributed by atoms with Crippen molar-refractivity contribution in [1.29, 1.82) is 0 Å². The zero-order valence-corrected chi connectivity index (χ0v) is 29.9. The Balaban J connectivity index is 1.76. The zero-order chi connectivity index (χ0) is 36.4. The summed E-state index contributed by atoms with van der Waals surface area (Å²) in [6.07, 6.45) is 0.759. The second-order valence-electron chi connectivity index (χ2n) is 12.8. The molecule has 0 aromatic heterocycles. The van der Waals surface area contributed by atoms with Gasteiger partial charge in [0, 0.05) is 75.6 Å². The standard InChI is InChI=1S/C37H49F2N5O5S/c1-4-12-42(13-5-2)36(46)29-20-30(22-33(21-29)50(48,49)44-14-10-41-11-15-44)37(47)43(24-27-9-7-8-26(6-3)16-27)25-35(45)34(40)19-28-17-31(38)23-32(39)18-28/h7-9,16-18,20-23,34-35,41,45H,4-6,10-15,19,24-25,40H2,1-3H3/t34-,35+/m0/s1. The van der Waals surface area contributed by atoms with Crippen LogP contribution in [0.25, 0.3) is 0 Å². The number of aryl methyl sites for hydroxylation is 1. The Bertz CT molecular complexity index is 1710. The number of nitrogens with zero attached hydrogens (tertiary/aromatic N) is 3. The Hall–Kier alpha value is -3.75. The predicted octanol–water partition coefficient (Wildman–Crippen LogP) is 3.96. The van der Waals surface area contributed by atoms with Crippen LogP contribution in [0.15, 0.2) is 65.6 Å². The number of carbonyl (C=O) groups is 2. The van der Waals surface area contributed by atoms with Gasteiger partial charge in [0.05, 0.1) is 11.0 Å². The number of amides is 2. The van der Waals surface area contributed by atoms with Crippen molar-refractivity contribution in [2.24, 2.45) is 5.73 Å². The fourth-order valence-corrected chi connectivity index (χ4v) is 7.65. The molecule has 272 valence electrons. The molecule has 4 rings (SSSR count). The molecule has 1 aliphatic rings. The van der Waals surface area contributed by atoms with Crippen molar-refractivity contribution in [3.63, 3.8) is 0 Å². The molecule has 0 bridgehead atoms. The Morgan fingerprint density at radius 2 is 1.44 bits per heavy atom. The molecule has 0 saturated carbocycles. The highest BCUT2D eigenvalue weighted by molar-refractivity contribution is 7.89. The van der Waals surface area contributed by atoms with Crippen molar-refractivity contribution in [2.75, 3.05) is 45.8 Å². The van der Waals surface area contributed by atoms with E-state index in [2.05, 4.69) is 5.32 Å². The maximum atomic E-state index is 14.5. The summed E-state index contributed by atoms with van der Waals surface area (Å²) in [6.45, 7) is 8.00. The maximum Gasteiger partial charge on any atom is 0.254 e. The molecule has 1 fully saturated rings.